The van der Waals surface area contributed by atoms with E-state index in [1.54, 1.807) is 7.05 Å². The lowest BCUT2D eigenvalue weighted by atomic mass is 10.0. The Kier molecular flexibility index (Phi) is 6.73. The van der Waals surface area contributed by atoms with Gasteiger partial charge in [0.1, 0.15) is 5.60 Å². The van der Waals surface area contributed by atoms with Crippen LogP contribution < -0.4 is 5.32 Å². The topological polar surface area (TPSA) is 57.2 Å². The SMILES string of the molecule is C=CCNC(=NC)N1CCC(N(CC2CC2)C(=O)OC(C)(C)C)CC1. The number of nitrogens with one attached hydrogen (secondary N) is 1. The molecule has 1 saturated carbocycles. The third-order valence-corrected chi connectivity index (χ3v) is 4.60. The zero-order valence-electron chi connectivity index (χ0n) is 16.3. The summed E-state index contributed by atoms with van der Waals surface area (Å²) in [5, 5.41) is 3.28. The normalized spacial score (nSPS) is 19.5. The minimum atomic E-state index is -0.448. The monoisotopic (exact) mass is 350 g/mol. The summed E-state index contributed by atoms with van der Waals surface area (Å²) in [5.74, 6) is 1.57. The third-order valence-electron chi connectivity index (χ3n) is 4.60. The van der Waals surface area contributed by atoms with Crippen molar-refractivity contribution in [2.75, 3.05) is 33.2 Å². The Morgan fingerprint density at radius 2 is 1.96 bits per heavy atom. The molecule has 1 aliphatic heterocycles. The van der Waals surface area contributed by atoms with Crippen molar-refractivity contribution in [2.24, 2.45) is 10.9 Å². The molecule has 0 unspecified atom stereocenters. The first kappa shape index (κ1) is 19.6. The van der Waals surface area contributed by atoms with E-state index in [-0.39, 0.29) is 12.1 Å². The van der Waals surface area contributed by atoms with Gasteiger partial charge in [0.2, 0.25) is 0 Å². The van der Waals surface area contributed by atoms with Gasteiger partial charge >= 0.3 is 6.09 Å². The maximum absolute atomic E-state index is 12.7. The lowest BCUT2D eigenvalue weighted by Crippen LogP contribution is -2.52. The molecular formula is C19H34N4O2. The molecule has 2 fully saturated rings. The van der Waals surface area contributed by atoms with Crippen molar-refractivity contribution >= 4 is 12.1 Å². The van der Waals surface area contributed by atoms with Gasteiger partial charge in [-0.1, -0.05) is 6.08 Å². The lowest BCUT2D eigenvalue weighted by Gasteiger charge is -2.40. The second-order valence-corrected chi connectivity index (χ2v) is 8.01. The predicted octanol–water partition coefficient (Wildman–Crippen LogP) is 2.86. The zero-order chi connectivity index (χ0) is 18.4. The third kappa shape index (κ3) is 6.25. The maximum atomic E-state index is 12.7. The molecule has 0 aromatic heterocycles. The molecule has 0 spiro atoms. The van der Waals surface area contributed by atoms with Gasteiger partial charge in [-0.15, -0.1) is 6.58 Å². The first-order valence-electron chi connectivity index (χ1n) is 9.40. The number of nitrogens with zero attached hydrogens (tertiary/aromatic N) is 3. The number of carbonyl (C=O) groups is 1. The van der Waals surface area contributed by atoms with Crippen LogP contribution in [0.4, 0.5) is 4.79 Å². The molecule has 1 N–H and O–H groups in total. The summed E-state index contributed by atoms with van der Waals surface area (Å²) in [7, 11) is 1.80. The Hall–Kier alpha value is -1.72. The summed E-state index contributed by atoms with van der Waals surface area (Å²) < 4.78 is 5.66. The van der Waals surface area contributed by atoms with Crippen LogP contribution in [0.15, 0.2) is 17.6 Å². The molecule has 0 aromatic carbocycles. The Morgan fingerprint density at radius 1 is 1.32 bits per heavy atom. The van der Waals surface area contributed by atoms with Crippen molar-refractivity contribution in [1.82, 2.24) is 15.1 Å². The summed E-state index contributed by atoms with van der Waals surface area (Å²) in [6, 6.07) is 0.254. The van der Waals surface area contributed by atoms with E-state index in [0.29, 0.717) is 12.5 Å². The van der Waals surface area contributed by atoms with E-state index in [9.17, 15) is 4.79 Å². The number of hydrogen-bond donors (Lipinski definition) is 1. The Morgan fingerprint density at radius 3 is 2.44 bits per heavy atom. The molecule has 0 atom stereocenters. The highest BCUT2D eigenvalue weighted by atomic mass is 16.6. The van der Waals surface area contributed by atoms with E-state index in [4.69, 9.17) is 4.74 Å². The average molecular weight is 351 g/mol. The summed E-state index contributed by atoms with van der Waals surface area (Å²) in [4.78, 5) is 21.3. The number of carbonyl (C=O) groups excluding carboxylic acids is 1. The molecule has 6 heteroatoms. The molecule has 1 heterocycles. The highest BCUT2D eigenvalue weighted by molar-refractivity contribution is 5.80. The van der Waals surface area contributed by atoms with E-state index in [2.05, 4.69) is 21.8 Å². The van der Waals surface area contributed by atoms with E-state index in [1.807, 2.05) is 31.7 Å². The minimum Gasteiger partial charge on any atom is -0.444 e. The summed E-state index contributed by atoms with van der Waals surface area (Å²) in [6.45, 7) is 12.9. The van der Waals surface area contributed by atoms with Crippen LogP contribution in [-0.4, -0.2) is 66.7 Å². The van der Waals surface area contributed by atoms with Crippen LogP contribution in [0.25, 0.3) is 0 Å². The van der Waals surface area contributed by atoms with E-state index < -0.39 is 5.60 Å². The fourth-order valence-electron chi connectivity index (χ4n) is 3.16. The number of ether oxygens (including phenoxy) is 1. The first-order valence-corrected chi connectivity index (χ1v) is 9.40. The molecule has 25 heavy (non-hydrogen) atoms. The number of piperidine rings is 1. The predicted molar refractivity (Wildman–Crippen MR) is 102 cm³/mol. The van der Waals surface area contributed by atoms with E-state index in [0.717, 1.165) is 38.4 Å². The maximum Gasteiger partial charge on any atom is 0.410 e. The van der Waals surface area contributed by atoms with Crippen molar-refractivity contribution in [1.29, 1.82) is 0 Å². The smallest absolute Gasteiger partial charge is 0.410 e. The number of guanidine groups is 1. The highest BCUT2D eigenvalue weighted by Crippen LogP contribution is 2.32. The number of rotatable bonds is 5. The molecule has 2 aliphatic rings. The lowest BCUT2D eigenvalue weighted by molar-refractivity contribution is 0.00929. The van der Waals surface area contributed by atoms with Crippen molar-refractivity contribution in [3.05, 3.63) is 12.7 Å². The van der Waals surface area contributed by atoms with Crippen LogP contribution >= 0.6 is 0 Å². The molecule has 0 radical (unpaired) electrons. The summed E-state index contributed by atoms with van der Waals surface area (Å²) in [6.07, 6.45) is 6.03. The minimum absolute atomic E-state index is 0.160. The first-order chi connectivity index (χ1) is 11.8. The molecular weight excluding hydrogens is 316 g/mol. The molecule has 2 rings (SSSR count). The molecule has 6 nitrogen and oxygen atoms in total. The molecule has 142 valence electrons. The van der Waals surface area contributed by atoms with Crippen LogP contribution in [0, 0.1) is 5.92 Å². The van der Waals surface area contributed by atoms with Crippen LogP contribution in [0.1, 0.15) is 46.5 Å². The van der Waals surface area contributed by atoms with Gasteiger partial charge in [0.05, 0.1) is 0 Å². The van der Waals surface area contributed by atoms with Crippen LogP contribution in [0.5, 0.6) is 0 Å². The fourth-order valence-corrected chi connectivity index (χ4v) is 3.16. The average Bonchev–Trinajstić information content (AvgIpc) is 3.36. The Balaban J connectivity index is 1.94. The van der Waals surface area contributed by atoms with Crippen LogP contribution in [0.3, 0.4) is 0 Å². The van der Waals surface area contributed by atoms with Gasteiger partial charge in [-0.2, -0.15) is 0 Å². The van der Waals surface area contributed by atoms with Crippen LogP contribution in [-0.2, 0) is 4.74 Å². The van der Waals surface area contributed by atoms with E-state index in [1.165, 1.54) is 12.8 Å². The molecule has 1 saturated heterocycles. The second kappa shape index (κ2) is 8.59. The standard InChI is InChI=1S/C19H34N4O2/c1-6-11-21-17(20-5)22-12-9-16(10-13-22)23(14-15-7-8-15)18(24)25-19(2,3)4/h6,15-16H,1,7-14H2,2-5H3,(H,20,21). The largest absolute Gasteiger partial charge is 0.444 e. The van der Waals surface area contributed by atoms with Crippen molar-refractivity contribution < 1.29 is 9.53 Å². The highest BCUT2D eigenvalue weighted by Gasteiger charge is 2.35. The van der Waals surface area contributed by atoms with Gasteiger partial charge in [0, 0.05) is 39.3 Å². The van der Waals surface area contributed by atoms with Crippen molar-refractivity contribution in [2.45, 2.75) is 58.1 Å². The van der Waals surface area contributed by atoms with Crippen molar-refractivity contribution in [3.63, 3.8) is 0 Å². The molecule has 1 amide bonds. The zero-order valence-corrected chi connectivity index (χ0v) is 16.3. The van der Waals surface area contributed by atoms with Crippen LogP contribution in [0.2, 0.25) is 0 Å². The molecule has 1 aliphatic carbocycles. The van der Waals surface area contributed by atoms with Gasteiger partial charge in [-0.05, 0) is 52.4 Å². The number of likely N-dealkylation sites (tertiary alicyclic amines) is 1. The van der Waals surface area contributed by atoms with E-state index >= 15 is 0 Å². The molecule has 0 aromatic rings. The Bertz CT molecular complexity index is 486. The summed E-state index contributed by atoms with van der Waals surface area (Å²) in [5.41, 5.74) is -0.448. The Labute approximate surface area is 152 Å². The van der Waals surface area contributed by atoms with Gasteiger partial charge in [0.25, 0.3) is 0 Å². The van der Waals surface area contributed by atoms with Crippen molar-refractivity contribution in [3.8, 4) is 0 Å². The quantitative estimate of drug-likeness (QED) is 0.471. The van der Waals surface area contributed by atoms with Gasteiger partial charge in [-0.3, -0.25) is 4.99 Å². The second-order valence-electron chi connectivity index (χ2n) is 8.01. The van der Waals surface area contributed by atoms with Gasteiger partial charge in [-0.25, -0.2) is 4.79 Å². The van der Waals surface area contributed by atoms with Gasteiger partial charge < -0.3 is 19.9 Å². The van der Waals surface area contributed by atoms with Gasteiger partial charge in [0.15, 0.2) is 5.96 Å². The number of amides is 1. The summed E-state index contributed by atoms with van der Waals surface area (Å²) >= 11 is 0. The number of hydrogen-bond acceptors (Lipinski definition) is 3. The molecule has 0 bridgehead atoms. The number of aliphatic imine (C=N–C) groups is 1. The fraction of sp³-hybridized carbons (Fsp3) is 0.789.